The van der Waals surface area contributed by atoms with Crippen molar-refractivity contribution in [3.8, 4) is 0 Å². The van der Waals surface area contributed by atoms with Crippen molar-refractivity contribution in [1.29, 1.82) is 0 Å². The molecule has 9 heteroatoms. The highest BCUT2D eigenvalue weighted by Crippen LogP contribution is 2.21. The first-order valence-corrected chi connectivity index (χ1v) is 12.6. The Labute approximate surface area is 180 Å². The molecule has 0 aliphatic carbocycles. The molecule has 30 heavy (non-hydrogen) atoms. The van der Waals surface area contributed by atoms with Crippen molar-refractivity contribution in [2.24, 2.45) is 0 Å². The first-order valence-electron chi connectivity index (χ1n) is 9.98. The summed E-state index contributed by atoms with van der Waals surface area (Å²) in [5.74, 6) is 1.61. The number of nitrogens with zero attached hydrogens (tertiary/aromatic N) is 2. The van der Waals surface area contributed by atoms with Gasteiger partial charge in [-0.05, 0) is 42.0 Å². The van der Waals surface area contributed by atoms with E-state index in [4.69, 9.17) is 4.74 Å². The second-order valence-corrected chi connectivity index (χ2v) is 10.2. The minimum absolute atomic E-state index is 0.0813. The second-order valence-electron chi connectivity index (χ2n) is 7.17. The molecular weight excluding hydrogens is 422 g/mol. The van der Waals surface area contributed by atoms with Gasteiger partial charge in [-0.3, -0.25) is 4.57 Å². The van der Waals surface area contributed by atoms with Gasteiger partial charge < -0.3 is 9.72 Å². The molecule has 1 fully saturated rings. The van der Waals surface area contributed by atoms with Gasteiger partial charge in [-0.1, -0.05) is 24.3 Å². The third kappa shape index (κ3) is 4.64. The van der Waals surface area contributed by atoms with Crippen LogP contribution < -0.4 is 5.69 Å². The first kappa shape index (κ1) is 21.2. The molecule has 0 spiro atoms. The van der Waals surface area contributed by atoms with Crippen LogP contribution >= 0.6 is 11.8 Å². The molecule has 1 aromatic heterocycles. The first-order chi connectivity index (χ1) is 14.6. The second kappa shape index (κ2) is 9.38. The number of rotatable bonds is 8. The lowest BCUT2D eigenvalue weighted by atomic mass is 10.2. The van der Waals surface area contributed by atoms with Gasteiger partial charge in [-0.25, -0.2) is 13.2 Å². The predicted octanol–water partition coefficient (Wildman–Crippen LogP) is 2.67. The number of aromatic nitrogens is 2. The summed E-state index contributed by atoms with van der Waals surface area (Å²) in [4.78, 5) is 15.3. The van der Waals surface area contributed by atoms with Crippen LogP contribution in [-0.2, 0) is 27.1 Å². The van der Waals surface area contributed by atoms with Crippen molar-refractivity contribution in [2.75, 3.05) is 32.1 Å². The molecule has 1 saturated heterocycles. The molecule has 160 valence electrons. The summed E-state index contributed by atoms with van der Waals surface area (Å²) in [6.07, 6.45) is 0.859. The molecular formula is C21H25N3O4S2. The fourth-order valence-corrected chi connectivity index (χ4v) is 5.95. The number of para-hydroxylation sites is 2. The molecule has 0 atom stereocenters. The van der Waals surface area contributed by atoms with E-state index >= 15 is 0 Å². The van der Waals surface area contributed by atoms with Crippen LogP contribution in [0.3, 0.4) is 0 Å². The Hall–Kier alpha value is -2.07. The summed E-state index contributed by atoms with van der Waals surface area (Å²) in [6, 6.07) is 14.9. The fourth-order valence-electron chi connectivity index (χ4n) is 3.58. The highest BCUT2D eigenvalue weighted by molar-refractivity contribution is 7.98. The smallest absolute Gasteiger partial charge is 0.326 e. The predicted molar refractivity (Wildman–Crippen MR) is 119 cm³/mol. The van der Waals surface area contributed by atoms with E-state index in [0.717, 1.165) is 34.5 Å². The number of H-pyrrole nitrogens is 1. The molecule has 1 N–H and O–H groups in total. The van der Waals surface area contributed by atoms with Gasteiger partial charge in [0.25, 0.3) is 0 Å². The Kier molecular flexibility index (Phi) is 6.62. The minimum atomic E-state index is -3.47. The number of nitrogens with one attached hydrogen (secondary N) is 1. The normalized spacial score (nSPS) is 15.6. The van der Waals surface area contributed by atoms with Crippen LogP contribution in [0.15, 0.2) is 58.2 Å². The van der Waals surface area contributed by atoms with E-state index < -0.39 is 10.0 Å². The number of aryl methyl sites for hydroxylation is 1. The summed E-state index contributed by atoms with van der Waals surface area (Å²) in [5.41, 5.74) is 2.68. The number of ether oxygens (including phenoxy) is 1. The van der Waals surface area contributed by atoms with E-state index in [-0.39, 0.29) is 5.69 Å². The van der Waals surface area contributed by atoms with E-state index in [1.165, 1.54) is 4.31 Å². The Morgan fingerprint density at radius 3 is 2.70 bits per heavy atom. The lowest BCUT2D eigenvalue weighted by molar-refractivity contribution is 0.0730. The third-order valence-electron chi connectivity index (χ3n) is 5.13. The molecule has 2 aromatic carbocycles. The van der Waals surface area contributed by atoms with Gasteiger partial charge in [0.15, 0.2) is 0 Å². The quantitative estimate of drug-likeness (QED) is 0.537. The van der Waals surface area contributed by atoms with E-state index in [1.54, 1.807) is 34.5 Å². The molecule has 3 aromatic rings. The van der Waals surface area contributed by atoms with Crippen molar-refractivity contribution < 1.29 is 13.2 Å². The van der Waals surface area contributed by atoms with Crippen molar-refractivity contribution in [3.05, 3.63) is 64.6 Å². The molecule has 0 radical (unpaired) electrons. The highest BCUT2D eigenvalue weighted by Gasteiger charge is 2.26. The van der Waals surface area contributed by atoms with Crippen molar-refractivity contribution in [3.63, 3.8) is 0 Å². The lowest BCUT2D eigenvalue weighted by Crippen LogP contribution is -2.40. The molecule has 4 rings (SSSR count). The van der Waals surface area contributed by atoms with E-state index in [9.17, 15) is 13.2 Å². The summed E-state index contributed by atoms with van der Waals surface area (Å²) >= 11 is 1.74. The maximum absolute atomic E-state index is 12.8. The summed E-state index contributed by atoms with van der Waals surface area (Å²) in [6.45, 7) is 2.33. The number of aromatic amines is 1. The zero-order valence-corrected chi connectivity index (χ0v) is 18.3. The maximum atomic E-state index is 12.8. The van der Waals surface area contributed by atoms with Crippen molar-refractivity contribution in [2.45, 2.75) is 23.6 Å². The van der Waals surface area contributed by atoms with Gasteiger partial charge in [0.05, 0.1) is 29.1 Å². The van der Waals surface area contributed by atoms with Gasteiger partial charge in [0.2, 0.25) is 10.0 Å². The number of imidazole rings is 1. The summed E-state index contributed by atoms with van der Waals surface area (Å²) < 4.78 is 34.1. The van der Waals surface area contributed by atoms with E-state index in [0.29, 0.717) is 37.7 Å². The third-order valence-corrected chi connectivity index (χ3v) is 8.14. The minimum Gasteiger partial charge on any atom is -0.379 e. The molecule has 0 amide bonds. The largest absolute Gasteiger partial charge is 0.379 e. The van der Waals surface area contributed by atoms with Gasteiger partial charge in [-0.2, -0.15) is 16.1 Å². The molecule has 7 nitrogen and oxygen atoms in total. The zero-order valence-electron chi connectivity index (χ0n) is 16.6. The average Bonchev–Trinajstić information content (AvgIpc) is 3.09. The molecule has 1 aliphatic heterocycles. The fraction of sp³-hybridized carbons (Fsp3) is 0.381. The number of hydrogen-bond acceptors (Lipinski definition) is 5. The van der Waals surface area contributed by atoms with E-state index in [2.05, 4.69) is 4.98 Å². The van der Waals surface area contributed by atoms with Gasteiger partial charge in [0, 0.05) is 25.4 Å². The van der Waals surface area contributed by atoms with Crippen LogP contribution in [0.4, 0.5) is 0 Å². The Bertz CT molecular complexity index is 1160. The standard InChI is InChI=1S/C21H25N3O4S2/c25-21-22-19-7-1-2-8-20(19)24(21)9-4-14-29-16-17-5-3-6-18(15-17)30(26,27)23-10-12-28-13-11-23/h1-3,5-8,15H,4,9-14,16H2,(H,22,25). The lowest BCUT2D eigenvalue weighted by Gasteiger charge is -2.26. The van der Waals surface area contributed by atoms with E-state index in [1.807, 2.05) is 30.3 Å². The zero-order chi connectivity index (χ0) is 21.0. The van der Waals surface area contributed by atoms with Crippen molar-refractivity contribution >= 4 is 32.8 Å². The van der Waals surface area contributed by atoms with Gasteiger partial charge in [-0.15, -0.1) is 0 Å². The SMILES string of the molecule is O=c1[nH]c2ccccc2n1CCCSCc1cccc(S(=O)(=O)N2CCOCC2)c1. The number of thioether (sulfide) groups is 1. The van der Waals surface area contributed by atoms with Crippen molar-refractivity contribution in [1.82, 2.24) is 13.9 Å². The Morgan fingerprint density at radius 1 is 1.07 bits per heavy atom. The molecule has 0 bridgehead atoms. The molecule has 1 aliphatic rings. The number of morpholine rings is 1. The monoisotopic (exact) mass is 447 g/mol. The highest BCUT2D eigenvalue weighted by atomic mass is 32.2. The number of hydrogen-bond donors (Lipinski definition) is 1. The average molecular weight is 448 g/mol. The van der Waals surface area contributed by atoms with Crippen LogP contribution in [-0.4, -0.2) is 54.3 Å². The Morgan fingerprint density at radius 2 is 1.87 bits per heavy atom. The van der Waals surface area contributed by atoms with Crippen LogP contribution in [0.2, 0.25) is 0 Å². The van der Waals surface area contributed by atoms with Crippen LogP contribution in [0, 0.1) is 0 Å². The summed E-state index contributed by atoms with van der Waals surface area (Å²) in [7, 11) is -3.47. The summed E-state index contributed by atoms with van der Waals surface area (Å²) in [5, 5.41) is 0. The van der Waals surface area contributed by atoms with Crippen LogP contribution in [0.1, 0.15) is 12.0 Å². The molecule has 0 unspecified atom stereocenters. The molecule has 2 heterocycles. The maximum Gasteiger partial charge on any atom is 0.326 e. The van der Waals surface area contributed by atoms with Gasteiger partial charge >= 0.3 is 5.69 Å². The Balaban J connectivity index is 1.32. The molecule has 0 saturated carbocycles. The van der Waals surface area contributed by atoms with Gasteiger partial charge in [0.1, 0.15) is 0 Å². The number of benzene rings is 2. The number of sulfonamides is 1. The van der Waals surface area contributed by atoms with Crippen LogP contribution in [0.5, 0.6) is 0 Å². The topological polar surface area (TPSA) is 84.4 Å². The number of fused-ring (bicyclic) bond motifs is 1. The van der Waals surface area contributed by atoms with Crippen LogP contribution in [0.25, 0.3) is 11.0 Å².